The van der Waals surface area contributed by atoms with Crippen LogP contribution >= 0.6 is 11.3 Å². The monoisotopic (exact) mass is 319 g/mol. The third kappa shape index (κ3) is 1.95. The number of aromatic nitrogens is 1. The van der Waals surface area contributed by atoms with Gasteiger partial charge < -0.3 is 25.3 Å². The number of thiazole rings is 1. The number of ether oxygens (including phenoxy) is 3. The largest absolute Gasteiger partial charge is 0.493 e. The average molecular weight is 319 g/mol. The number of carbonyl (C=O) groups excluding carboxylic acids is 1. The third-order valence-electron chi connectivity index (χ3n) is 3.72. The molecule has 0 saturated heterocycles. The highest BCUT2D eigenvalue weighted by Gasteiger charge is 2.32. The number of nitrogens with zero attached hydrogens (tertiary/aromatic N) is 1. The van der Waals surface area contributed by atoms with Gasteiger partial charge in [-0.15, -0.1) is 0 Å². The van der Waals surface area contributed by atoms with Crippen LogP contribution in [0.4, 0.5) is 10.9 Å². The van der Waals surface area contributed by atoms with Crippen molar-refractivity contribution in [2.45, 2.75) is 12.3 Å². The fourth-order valence-electron chi connectivity index (χ4n) is 2.76. The number of carbonyl (C=O) groups is 1. The fourth-order valence-corrected chi connectivity index (χ4v) is 3.67. The molecule has 0 saturated carbocycles. The summed E-state index contributed by atoms with van der Waals surface area (Å²) in [6, 6.07) is 3.75. The summed E-state index contributed by atoms with van der Waals surface area (Å²) in [6.07, 6.45) is 0.331. The summed E-state index contributed by atoms with van der Waals surface area (Å²) in [5, 5.41) is 3.19. The molecule has 1 aromatic carbocycles. The SMILES string of the molecule is COc1cc(C2CC(=O)Nc3nc(N)sc32)cc2c1OCO2. The Morgan fingerprint density at radius 1 is 1.45 bits per heavy atom. The molecular formula is C14H13N3O4S. The van der Waals surface area contributed by atoms with Crippen molar-refractivity contribution in [3.8, 4) is 17.2 Å². The van der Waals surface area contributed by atoms with Gasteiger partial charge in [-0.25, -0.2) is 4.98 Å². The molecule has 0 spiro atoms. The lowest BCUT2D eigenvalue weighted by atomic mass is 9.91. The van der Waals surface area contributed by atoms with Gasteiger partial charge in [0, 0.05) is 12.3 Å². The van der Waals surface area contributed by atoms with E-state index in [-0.39, 0.29) is 18.6 Å². The first-order valence-corrected chi connectivity index (χ1v) is 7.51. The van der Waals surface area contributed by atoms with Crippen molar-refractivity contribution in [2.75, 3.05) is 25.0 Å². The fraction of sp³-hybridized carbons (Fsp3) is 0.286. The second-order valence-electron chi connectivity index (χ2n) is 5.03. The van der Waals surface area contributed by atoms with Gasteiger partial charge in [-0.2, -0.15) is 0 Å². The Balaban J connectivity index is 1.84. The molecule has 3 N–H and O–H groups in total. The zero-order chi connectivity index (χ0) is 15.3. The summed E-state index contributed by atoms with van der Waals surface area (Å²) < 4.78 is 16.2. The van der Waals surface area contributed by atoms with E-state index >= 15 is 0 Å². The van der Waals surface area contributed by atoms with E-state index in [1.54, 1.807) is 7.11 Å². The highest BCUT2D eigenvalue weighted by Crippen LogP contribution is 2.47. The predicted molar refractivity (Wildman–Crippen MR) is 80.7 cm³/mol. The number of benzene rings is 1. The number of hydrogen-bond donors (Lipinski definition) is 2. The first-order chi connectivity index (χ1) is 10.7. The molecule has 1 aromatic heterocycles. The lowest BCUT2D eigenvalue weighted by Gasteiger charge is -2.22. The summed E-state index contributed by atoms with van der Waals surface area (Å²) in [5.41, 5.74) is 6.69. The number of methoxy groups -OCH3 is 1. The number of rotatable bonds is 2. The standard InChI is InChI=1S/C14H13N3O4S/c1-19-8-2-6(3-9-11(8)21-5-20-9)7-4-10(18)16-13-12(7)22-14(15)17-13/h2-3,7H,4-5H2,1H3,(H2,15,17)(H,16,18). The van der Waals surface area contributed by atoms with Crippen LogP contribution in [0.15, 0.2) is 12.1 Å². The number of fused-ring (bicyclic) bond motifs is 2. The number of nitrogen functional groups attached to an aromatic ring is 1. The maximum atomic E-state index is 11.9. The molecule has 0 bridgehead atoms. The van der Waals surface area contributed by atoms with Crippen molar-refractivity contribution < 1.29 is 19.0 Å². The molecule has 2 aliphatic rings. The zero-order valence-electron chi connectivity index (χ0n) is 11.7. The quantitative estimate of drug-likeness (QED) is 0.878. The van der Waals surface area contributed by atoms with Crippen molar-refractivity contribution in [1.82, 2.24) is 4.98 Å². The smallest absolute Gasteiger partial charge is 0.231 e. The Kier molecular flexibility index (Phi) is 2.86. The molecule has 1 unspecified atom stereocenters. The van der Waals surface area contributed by atoms with Crippen LogP contribution in [0.5, 0.6) is 17.2 Å². The molecule has 7 nitrogen and oxygen atoms in total. The Labute approximate surface area is 130 Å². The molecule has 0 aliphatic carbocycles. The van der Waals surface area contributed by atoms with E-state index in [4.69, 9.17) is 19.9 Å². The van der Waals surface area contributed by atoms with E-state index in [0.29, 0.717) is 34.6 Å². The topological polar surface area (TPSA) is 95.7 Å². The number of nitrogens with two attached hydrogens (primary N) is 1. The van der Waals surface area contributed by atoms with Crippen molar-refractivity contribution in [3.63, 3.8) is 0 Å². The van der Waals surface area contributed by atoms with Gasteiger partial charge in [0.25, 0.3) is 0 Å². The Bertz CT molecular complexity index is 774. The molecule has 22 heavy (non-hydrogen) atoms. The van der Waals surface area contributed by atoms with Crippen LogP contribution in [0, 0.1) is 0 Å². The summed E-state index contributed by atoms with van der Waals surface area (Å²) >= 11 is 1.38. The highest BCUT2D eigenvalue weighted by atomic mass is 32.1. The molecular weight excluding hydrogens is 306 g/mol. The number of hydrogen-bond acceptors (Lipinski definition) is 7. The van der Waals surface area contributed by atoms with Gasteiger partial charge in [0.05, 0.1) is 12.0 Å². The first kappa shape index (κ1) is 13.2. The van der Waals surface area contributed by atoms with Crippen LogP contribution in [0.3, 0.4) is 0 Å². The van der Waals surface area contributed by atoms with E-state index in [1.165, 1.54) is 11.3 Å². The van der Waals surface area contributed by atoms with Crippen molar-refractivity contribution >= 4 is 28.2 Å². The summed E-state index contributed by atoms with van der Waals surface area (Å²) in [6.45, 7) is 0.166. The second kappa shape index (κ2) is 4.77. The second-order valence-corrected chi connectivity index (χ2v) is 6.09. The molecule has 3 heterocycles. The molecule has 1 amide bonds. The maximum absolute atomic E-state index is 11.9. The molecule has 2 aliphatic heterocycles. The van der Waals surface area contributed by atoms with Crippen molar-refractivity contribution in [1.29, 1.82) is 0 Å². The molecule has 1 atom stereocenters. The zero-order valence-corrected chi connectivity index (χ0v) is 12.5. The molecule has 114 valence electrons. The van der Waals surface area contributed by atoms with E-state index < -0.39 is 0 Å². The van der Waals surface area contributed by atoms with E-state index in [0.717, 1.165) is 10.4 Å². The maximum Gasteiger partial charge on any atom is 0.231 e. The summed E-state index contributed by atoms with van der Waals surface area (Å²) in [4.78, 5) is 17.0. The molecule has 2 aromatic rings. The van der Waals surface area contributed by atoms with E-state index in [1.807, 2.05) is 12.1 Å². The van der Waals surface area contributed by atoms with Gasteiger partial charge in [-0.3, -0.25) is 4.79 Å². The van der Waals surface area contributed by atoms with Gasteiger partial charge in [-0.1, -0.05) is 11.3 Å². The molecule has 0 fully saturated rings. The van der Waals surface area contributed by atoms with Crippen molar-refractivity contribution in [2.24, 2.45) is 0 Å². The van der Waals surface area contributed by atoms with Crippen LogP contribution in [-0.4, -0.2) is 24.8 Å². The third-order valence-corrected chi connectivity index (χ3v) is 4.72. The Morgan fingerprint density at radius 3 is 3.14 bits per heavy atom. The van der Waals surface area contributed by atoms with E-state index in [2.05, 4.69) is 10.3 Å². The molecule has 0 radical (unpaired) electrons. The Hall–Kier alpha value is -2.48. The summed E-state index contributed by atoms with van der Waals surface area (Å²) in [7, 11) is 1.57. The Morgan fingerprint density at radius 2 is 2.32 bits per heavy atom. The van der Waals surface area contributed by atoms with Gasteiger partial charge in [0.2, 0.25) is 18.4 Å². The van der Waals surface area contributed by atoms with Gasteiger partial charge in [-0.05, 0) is 17.7 Å². The van der Waals surface area contributed by atoms with Crippen LogP contribution in [0.1, 0.15) is 22.8 Å². The minimum absolute atomic E-state index is 0.0839. The average Bonchev–Trinajstić information content (AvgIpc) is 3.10. The van der Waals surface area contributed by atoms with Gasteiger partial charge in [0.15, 0.2) is 16.6 Å². The normalized spacial score (nSPS) is 18.8. The lowest BCUT2D eigenvalue weighted by Crippen LogP contribution is -2.22. The summed E-state index contributed by atoms with van der Waals surface area (Å²) in [5.74, 6) is 2.15. The van der Waals surface area contributed by atoms with Crippen LogP contribution < -0.4 is 25.3 Å². The van der Waals surface area contributed by atoms with Crippen LogP contribution in [0.25, 0.3) is 0 Å². The first-order valence-electron chi connectivity index (χ1n) is 6.69. The van der Waals surface area contributed by atoms with Crippen LogP contribution in [0.2, 0.25) is 0 Å². The molecule has 8 heteroatoms. The van der Waals surface area contributed by atoms with Crippen molar-refractivity contribution in [3.05, 3.63) is 22.6 Å². The number of anilines is 2. The molecule has 4 rings (SSSR count). The van der Waals surface area contributed by atoms with Crippen LogP contribution in [-0.2, 0) is 4.79 Å². The minimum atomic E-state index is -0.123. The number of nitrogens with one attached hydrogen (secondary N) is 1. The number of amides is 1. The van der Waals surface area contributed by atoms with Gasteiger partial charge >= 0.3 is 0 Å². The lowest BCUT2D eigenvalue weighted by molar-refractivity contribution is -0.116. The highest BCUT2D eigenvalue weighted by molar-refractivity contribution is 7.16. The van der Waals surface area contributed by atoms with E-state index in [9.17, 15) is 4.79 Å². The minimum Gasteiger partial charge on any atom is -0.493 e. The predicted octanol–water partition coefficient (Wildman–Crippen LogP) is 1.94. The van der Waals surface area contributed by atoms with Gasteiger partial charge in [0.1, 0.15) is 5.82 Å².